The number of hydrogen-bond acceptors (Lipinski definition) is 3. The zero-order valence-electron chi connectivity index (χ0n) is 7.26. The van der Waals surface area contributed by atoms with Gasteiger partial charge in [-0.25, -0.2) is 0 Å². The number of ketones is 1. The van der Waals surface area contributed by atoms with E-state index in [-0.39, 0.29) is 5.78 Å². The lowest BCUT2D eigenvalue weighted by Crippen LogP contribution is -2.06. The van der Waals surface area contributed by atoms with Crippen LogP contribution in [0, 0.1) is 0 Å². The quantitative estimate of drug-likeness (QED) is 0.521. The molecule has 0 unspecified atom stereocenters. The van der Waals surface area contributed by atoms with Crippen LogP contribution in [0.25, 0.3) is 0 Å². The Kier molecular flexibility index (Phi) is 7.41. The van der Waals surface area contributed by atoms with Crippen molar-refractivity contribution < 1.29 is 14.3 Å². The fourth-order valence-electron chi connectivity index (χ4n) is 0.607. The maximum atomic E-state index is 10.7. The van der Waals surface area contributed by atoms with Crippen LogP contribution in [0.5, 0.6) is 0 Å². The summed E-state index contributed by atoms with van der Waals surface area (Å²) in [5.41, 5.74) is 0. The van der Waals surface area contributed by atoms with E-state index in [0.29, 0.717) is 32.7 Å². The fourth-order valence-corrected chi connectivity index (χ4v) is 0.607. The van der Waals surface area contributed by atoms with E-state index in [1.165, 1.54) is 0 Å². The molecule has 0 saturated heterocycles. The summed E-state index contributed by atoms with van der Waals surface area (Å²) >= 11 is 0. The molecule has 0 rings (SSSR count). The van der Waals surface area contributed by atoms with E-state index < -0.39 is 0 Å². The second kappa shape index (κ2) is 7.69. The van der Waals surface area contributed by atoms with Crippen LogP contribution in [0.3, 0.4) is 0 Å². The van der Waals surface area contributed by atoms with Gasteiger partial charge in [0.05, 0.1) is 19.8 Å². The summed E-state index contributed by atoms with van der Waals surface area (Å²) in [5, 5.41) is 0. The lowest BCUT2D eigenvalue weighted by Gasteiger charge is -2.01. The van der Waals surface area contributed by atoms with Gasteiger partial charge in [0.1, 0.15) is 5.78 Å². The second-order valence-corrected chi connectivity index (χ2v) is 2.25. The third-order valence-corrected chi connectivity index (χ3v) is 1.35. The van der Waals surface area contributed by atoms with Crippen LogP contribution in [0.2, 0.25) is 0 Å². The highest BCUT2D eigenvalue weighted by atomic mass is 16.5. The van der Waals surface area contributed by atoms with Crippen LogP contribution >= 0.6 is 0 Å². The molecular weight excluding hydrogens is 144 g/mol. The monoisotopic (exact) mass is 160 g/mol. The number of ether oxygens (including phenoxy) is 2. The van der Waals surface area contributed by atoms with E-state index in [2.05, 4.69) is 0 Å². The van der Waals surface area contributed by atoms with E-state index in [0.717, 1.165) is 0 Å². The van der Waals surface area contributed by atoms with Gasteiger partial charge in [0.15, 0.2) is 0 Å². The lowest BCUT2D eigenvalue weighted by atomic mass is 10.2. The van der Waals surface area contributed by atoms with E-state index in [1.54, 1.807) is 7.11 Å². The molecule has 0 aliphatic heterocycles. The van der Waals surface area contributed by atoms with E-state index >= 15 is 0 Å². The van der Waals surface area contributed by atoms with Gasteiger partial charge in [-0.05, 0) is 0 Å². The largest absolute Gasteiger partial charge is 0.382 e. The summed E-state index contributed by atoms with van der Waals surface area (Å²) in [6, 6.07) is 0. The van der Waals surface area contributed by atoms with Gasteiger partial charge in [0.2, 0.25) is 0 Å². The molecule has 3 nitrogen and oxygen atoms in total. The normalized spacial score (nSPS) is 10.0. The van der Waals surface area contributed by atoms with Gasteiger partial charge in [-0.3, -0.25) is 4.79 Å². The first-order valence-corrected chi connectivity index (χ1v) is 3.89. The van der Waals surface area contributed by atoms with Crippen molar-refractivity contribution in [1.29, 1.82) is 0 Å². The first kappa shape index (κ1) is 10.6. The van der Waals surface area contributed by atoms with Crippen molar-refractivity contribution in [3.05, 3.63) is 0 Å². The number of carbonyl (C=O) groups excluding carboxylic acids is 1. The van der Waals surface area contributed by atoms with Gasteiger partial charge < -0.3 is 9.47 Å². The Hall–Kier alpha value is -0.410. The van der Waals surface area contributed by atoms with Gasteiger partial charge in [0.25, 0.3) is 0 Å². The highest BCUT2D eigenvalue weighted by Crippen LogP contribution is 1.89. The molecule has 0 amide bonds. The predicted molar refractivity (Wildman–Crippen MR) is 42.6 cm³/mol. The predicted octanol–water partition coefficient (Wildman–Crippen LogP) is 1.02. The molecule has 0 saturated carbocycles. The van der Waals surface area contributed by atoms with Crippen LogP contribution < -0.4 is 0 Å². The Morgan fingerprint density at radius 1 is 1.27 bits per heavy atom. The minimum atomic E-state index is 0.252. The summed E-state index contributed by atoms with van der Waals surface area (Å²) in [7, 11) is 1.63. The number of rotatable bonds is 7. The van der Waals surface area contributed by atoms with E-state index in [9.17, 15) is 4.79 Å². The lowest BCUT2D eigenvalue weighted by molar-refractivity contribution is -0.119. The zero-order chi connectivity index (χ0) is 8.53. The van der Waals surface area contributed by atoms with E-state index in [1.807, 2.05) is 6.92 Å². The van der Waals surface area contributed by atoms with Gasteiger partial charge in [-0.1, -0.05) is 6.92 Å². The highest BCUT2D eigenvalue weighted by molar-refractivity contribution is 5.78. The number of Topliss-reactive ketones (excluding diaryl/α,β-unsaturated/α-hetero) is 1. The van der Waals surface area contributed by atoms with Gasteiger partial charge in [-0.15, -0.1) is 0 Å². The Bertz CT molecular complexity index is 102. The van der Waals surface area contributed by atoms with Gasteiger partial charge in [0, 0.05) is 20.0 Å². The molecule has 0 atom stereocenters. The first-order chi connectivity index (χ1) is 5.31. The maximum absolute atomic E-state index is 10.7. The Balaban J connectivity index is 2.95. The van der Waals surface area contributed by atoms with Crippen LogP contribution in [-0.2, 0) is 14.3 Å². The van der Waals surface area contributed by atoms with Crippen LogP contribution in [0.15, 0.2) is 0 Å². The summed E-state index contributed by atoms with van der Waals surface area (Å²) in [5.74, 6) is 0.252. The molecule has 0 aromatic rings. The Morgan fingerprint density at radius 3 is 2.55 bits per heavy atom. The van der Waals surface area contributed by atoms with Crippen molar-refractivity contribution in [2.45, 2.75) is 19.8 Å². The van der Waals surface area contributed by atoms with Gasteiger partial charge in [-0.2, -0.15) is 0 Å². The molecule has 11 heavy (non-hydrogen) atoms. The Labute approximate surface area is 67.7 Å². The third kappa shape index (κ3) is 7.49. The number of methoxy groups -OCH3 is 1. The van der Waals surface area contributed by atoms with Crippen molar-refractivity contribution in [3.8, 4) is 0 Å². The molecule has 0 aliphatic carbocycles. The Morgan fingerprint density at radius 2 is 2.00 bits per heavy atom. The molecule has 0 bridgehead atoms. The number of hydrogen-bond donors (Lipinski definition) is 0. The average molecular weight is 160 g/mol. The summed E-state index contributed by atoms with van der Waals surface area (Å²) in [6.45, 7) is 3.56. The molecule has 0 spiro atoms. The smallest absolute Gasteiger partial charge is 0.134 e. The van der Waals surface area contributed by atoms with Crippen LogP contribution in [0.4, 0.5) is 0 Å². The molecule has 0 radical (unpaired) electrons. The van der Waals surface area contributed by atoms with Crippen molar-refractivity contribution in [3.63, 3.8) is 0 Å². The molecule has 0 aromatic carbocycles. The van der Waals surface area contributed by atoms with Crippen molar-refractivity contribution >= 4 is 5.78 Å². The van der Waals surface area contributed by atoms with Crippen LogP contribution in [-0.4, -0.2) is 32.7 Å². The van der Waals surface area contributed by atoms with Crippen LogP contribution in [0.1, 0.15) is 19.8 Å². The second-order valence-electron chi connectivity index (χ2n) is 2.25. The molecule has 0 aromatic heterocycles. The standard InChI is InChI=1S/C8H16O3/c1-3-8(9)4-5-11-7-6-10-2/h3-7H2,1-2H3. The van der Waals surface area contributed by atoms with Crippen molar-refractivity contribution in [2.24, 2.45) is 0 Å². The molecular formula is C8H16O3. The molecule has 3 heteroatoms. The minimum Gasteiger partial charge on any atom is -0.382 e. The van der Waals surface area contributed by atoms with Crippen molar-refractivity contribution in [1.82, 2.24) is 0 Å². The highest BCUT2D eigenvalue weighted by Gasteiger charge is 1.96. The molecule has 0 fully saturated rings. The molecule has 0 heterocycles. The fraction of sp³-hybridized carbons (Fsp3) is 0.875. The SMILES string of the molecule is CCC(=O)CCOCCOC. The zero-order valence-corrected chi connectivity index (χ0v) is 7.26. The number of carbonyl (C=O) groups is 1. The molecule has 66 valence electrons. The molecule has 0 aliphatic rings. The first-order valence-electron chi connectivity index (χ1n) is 3.89. The minimum absolute atomic E-state index is 0.252. The van der Waals surface area contributed by atoms with Crippen molar-refractivity contribution in [2.75, 3.05) is 26.9 Å². The molecule has 0 N–H and O–H groups in total. The van der Waals surface area contributed by atoms with E-state index in [4.69, 9.17) is 9.47 Å². The van der Waals surface area contributed by atoms with Gasteiger partial charge >= 0.3 is 0 Å². The summed E-state index contributed by atoms with van der Waals surface area (Å²) in [6.07, 6.45) is 1.13. The summed E-state index contributed by atoms with van der Waals surface area (Å²) in [4.78, 5) is 10.7. The average Bonchev–Trinajstić information content (AvgIpc) is 2.04. The maximum Gasteiger partial charge on any atom is 0.134 e. The topological polar surface area (TPSA) is 35.5 Å². The summed E-state index contributed by atoms with van der Waals surface area (Å²) < 4.78 is 9.87. The third-order valence-electron chi connectivity index (χ3n) is 1.35.